The predicted octanol–water partition coefficient (Wildman–Crippen LogP) is 10.0. The highest BCUT2D eigenvalue weighted by Crippen LogP contribution is 2.31. The minimum absolute atomic E-state index is 0.0984. The average molecular weight is 705 g/mol. The fourth-order valence-electron chi connectivity index (χ4n) is 4.57. The summed E-state index contributed by atoms with van der Waals surface area (Å²) in [7, 11) is 0. The van der Waals surface area contributed by atoms with Gasteiger partial charge in [0.25, 0.3) is 0 Å². The van der Waals surface area contributed by atoms with Crippen LogP contribution < -0.4 is 0 Å². The number of nitrogens with zero attached hydrogens (tertiary/aromatic N) is 4. The van der Waals surface area contributed by atoms with Crippen LogP contribution in [-0.4, -0.2) is 83.2 Å². The Morgan fingerprint density at radius 2 is 1.26 bits per heavy atom. The Morgan fingerprint density at radius 1 is 0.740 bits per heavy atom. The van der Waals surface area contributed by atoms with Crippen LogP contribution in [0.15, 0.2) is 18.3 Å². The number of likely N-dealkylation sites (tertiary alicyclic amines) is 1. The number of carbonyl (C=O) groups excluding carboxylic acids is 3. The van der Waals surface area contributed by atoms with Crippen molar-refractivity contribution in [1.29, 1.82) is 0 Å². The van der Waals surface area contributed by atoms with E-state index in [0.29, 0.717) is 25.5 Å². The second-order valence-electron chi connectivity index (χ2n) is 11.4. The van der Waals surface area contributed by atoms with Gasteiger partial charge in [-0.1, -0.05) is 82.2 Å². The molecule has 50 heavy (non-hydrogen) atoms. The van der Waals surface area contributed by atoms with Gasteiger partial charge in [-0.25, -0.2) is 9.59 Å². The van der Waals surface area contributed by atoms with Gasteiger partial charge in [-0.3, -0.25) is 9.78 Å². The summed E-state index contributed by atoms with van der Waals surface area (Å²) in [4.78, 5) is 43.2. The highest BCUT2D eigenvalue weighted by Gasteiger charge is 2.33. The molecule has 2 saturated carbocycles. The zero-order valence-electron chi connectivity index (χ0n) is 34.9. The van der Waals surface area contributed by atoms with Gasteiger partial charge in [0.05, 0.1) is 13.1 Å². The number of amides is 3. The normalized spacial score (nSPS) is 19.0. The lowest BCUT2D eigenvalue weighted by molar-refractivity contribution is -0.128. The first kappa shape index (κ1) is 51.1. The first-order chi connectivity index (χ1) is 24.2. The summed E-state index contributed by atoms with van der Waals surface area (Å²) in [5, 5.41) is 0. The van der Waals surface area contributed by atoms with Gasteiger partial charge in [0.2, 0.25) is 5.91 Å². The molecule has 4 heterocycles. The fraction of sp³-hybridized carbons (Fsp3) is 0.756. The van der Waals surface area contributed by atoms with Crippen LogP contribution in [0.3, 0.4) is 0 Å². The Balaban J connectivity index is -0.000000568. The molecule has 9 nitrogen and oxygen atoms in total. The summed E-state index contributed by atoms with van der Waals surface area (Å²) in [6, 6.07) is 4.03. The van der Waals surface area contributed by atoms with E-state index >= 15 is 0 Å². The zero-order chi connectivity index (χ0) is 39.1. The fourth-order valence-corrected chi connectivity index (χ4v) is 4.57. The van der Waals surface area contributed by atoms with Gasteiger partial charge < -0.3 is 24.2 Å². The molecule has 0 spiro atoms. The van der Waals surface area contributed by atoms with E-state index in [4.69, 9.17) is 9.47 Å². The van der Waals surface area contributed by atoms with Crippen LogP contribution >= 0.6 is 0 Å². The number of pyridine rings is 1. The minimum atomic E-state index is -0.121. The van der Waals surface area contributed by atoms with Gasteiger partial charge in [0, 0.05) is 44.5 Å². The van der Waals surface area contributed by atoms with Crippen molar-refractivity contribution in [3.63, 3.8) is 0 Å². The number of carbonyl (C=O) groups is 3. The Kier molecular flexibility index (Phi) is 33.6. The number of hydrogen-bond donors (Lipinski definition) is 0. The molecule has 1 aromatic rings. The molecule has 9 heteroatoms. The van der Waals surface area contributed by atoms with Gasteiger partial charge in [-0.05, 0) is 82.8 Å². The molecule has 2 atom stereocenters. The topological polar surface area (TPSA) is 92.3 Å². The highest BCUT2D eigenvalue weighted by molar-refractivity contribution is 5.78. The summed E-state index contributed by atoms with van der Waals surface area (Å²) in [5.41, 5.74) is 2.13. The number of cyclic esters (lactones) is 2. The zero-order valence-corrected chi connectivity index (χ0v) is 34.9. The molecule has 0 bridgehead atoms. The van der Waals surface area contributed by atoms with Gasteiger partial charge in [0.15, 0.2) is 0 Å². The van der Waals surface area contributed by atoms with Crippen molar-refractivity contribution in [3.8, 4) is 11.8 Å². The highest BCUT2D eigenvalue weighted by atomic mass is 16.6. The maximum Gasteiger partial charge on any atom is 0.410 e. The lowest BCUT2D eigenvalue weighted by atomic mass is 10.2. The molecule has 0 N–H and O–H groups in total. The quantitative estimate of drug-likeness (QED) is 0.274. The standard InChI is InChI=1S/C12H16N2O.C8H13NO2.C7H11NO2.C4H6.5C2H6/c1-9-5-12(15)14(7-9)8-11-4-3-10(2)13-6-11;1-6-4-9(8(10)11-6)5-7-2-3-7;9-7-8(3-4-10-7)5-6-1-2-6;1-3-4-2;5*1-2/h3-4,6,9H,5,7-8H2,1-2H3;6-7H,2-5H2,1H3;6H,1-5H2;1-2H3;5*1-2H3. The summed E-state index contributed by atoms with van der Waals surface area (Å²) in [5.74, 6) is 7.68. The van der Waals surface area contributed by atoms with E-state index in [-0.39, 0.29) is 24.2 Å². The molecule has 0 radical (unpaired) electrons. The van der Waals surface area contributed by atoms with Crippen LogP contribution in [0.4, 0.5) is 9.59 Å². The molecule has 290 valence electrons. The monoisotopic (exact) mass is 705 g/mol. The van der Waals surface area contributed by atoms with Crippen LogP contribution in [-0.2, 0) is 20.8 Å². The van der Waals surface area contributed by atoms with Crippen LogP contribution in [0, 0.1) is 36.5 Å². The number of rotatable bonds is 6. The molecular weight excluding hydrogens is 628 g/mol. The third-order valence-corrected chi connectivity index (χ3v) is 7.24. The molecule has 0 aromatic carbocycles. The van der Waals surface area contributed by atoms with Crippen molar-refractivity contribution in [2.75, 3.05) is 39.3 Å². The van der Waals surface area contributed by atoms with Crippen LogP contribution in [0.2, 0.25) is 0 Å². The summed E-state index contributed by atoms with van der Waals surface area (Å²) < 4.78 is 9.77. The van der Waals surface area contributed by atoms with Crippen molar-refractivity contribution >= 4 is 18.1 Å². The van der Waals surface area contributed by atoms with Gasteiger partial charge in [-0.15, -0.1) is 11.8 Å². The van der Waals surface area contributed by atoms with Crippen molar-refractivity contribution < 1.29 is 23.9 Å². The van der Waals surface area contributed by atoms with Gasteiger partial charge in [-0.2, -0.15) is 0 Å². The van der Waals surface area contributed by atoms with E-state index in [2.05, 4.69) is 23.7 Å². The second-order valence-corrected chi connectivity index (χ2v) is 11.4. The molecule has 3 aliphatic heterocycles. The van der Waals surface area contributed by atoms with Crippen molar-refractivity contribution in [1.82, 2.24) is 19.7 Å². The van der Waals surface area contributed by atoms with E-state index in [1.165, 1.54) is 25.7 Å². The Morgan fingerprint density at radius 3 is 1.60 bits per heavy atom. The number of hydrogen-bond acceptors (Lipinski definition) is 6. The maximum absolute atomic E-state index is 11.6. The van der Waals surface area contributed by atoms with Crippen LogP contribution in [0.5, 0.6) is 0 Å². The lowest BCUT2D eigenvalue weighted by Crippen LogP contribution is -2.26. The second kappa shape index (κ2) is 32.9. The number of aryl methyl sites for hydroxylation is 1. The molecule has 5 aliphatic rings. The van der Waals surface area contributed by atoms with Crippen LogP contribution in [0.1, 0.15) is 140 Å². The first-order valence-corrected chi connectivity index (χ1v) is 19.6. The summed E-state index contributed by atoms with van der Waals surface area (Å²) in [6.45, 7) is 35.3. The predicted molar refractivity (Wildman–Crippen MR) is 210 cm³/mol. The third kappa shape index (κ3) is 24.0. The third-order valence-electron chi connectivity index (χ3n) is 7.24. The van der Waals surface area contributed by atoms with Crippen molar-refractivity contribution in [2.24, 2.45) is 17.8 Å². The number of ether oxygens (including phenoxy) is 2. The smallest absolute Gasteiger partial charge is 0.410 e. The van der Waals surface area contributed by atoms with E-state index < -0.39 is 0 Å². The molecular formula is C41H76N4O5. The average Bonchev–Trinajstić information content (AvgIpc) is 4.06. The summed E-state index contributed by atoms with van der Waals surface area (Å²) >= 11 is 0. The summed E-state index contributed by atoms with van der Waals surface area (Å²) in [6.07, 6.45) is 7.58. The molecule has 5 fully saturated rings. The Hall–Kier alpha value is -3.28. The van der Waals surface area contributed by atoms with Gasteiger partial charge in [0.1, 0.15) is 12.7 Å². The van der Waals surface area contributed by atoms with E-state index in [1.54, 1.807) is 4.90 Å². The van der Waals surface area contributed by atoms with E-state index in [0.717, 1.165) is 55.8 Å². The Labute approximate surface area is 308 Å². The van der Waals surface area contributed by atoms with E-state index in [9.17, 15) is 14.4 Å². The molecule has 3 saturated heterocycles. The molecule has 1 aromatic heterocycles. The van der Waals surface area contributed by atoms with Crippen LogP contribution in [0.25, 0.3) is 0 Å². The molecule has 3 amide bonds. The largest absolute Gasteiger partial charge is 0.448 e. The number of aromatic nitrogens is 1. The molecule has 2 unspecified atom stereocenters. The molecule has 6 rings (SSSR count). The SMILES string of the molecule is CC.CC.CC.CC.CC.CC#CC.CC1CN(CC2CC2)C(=O)O1.Cc1ccc(CN2CC(C)CC2=O)cn1.O=C1OCCN1CC1CC1. The van der Waals surface area contributed by atoms with Crippen molar-refractivity contribution in [3.05, 3.63) is 29.6 Å². The minimum Gasteiger partial charge on any atom is -0.448 e. The lowest BCUT2D eigenvalue weighted by Gasteiger charge is -2.15. The van der Waals surface area contributed by atoms with E-state index in [1.807, 2.05) is 125 Å². The maximum atomic E-state index is 11.6. The molecule has 2 aliphatic carbocycles. The Bertz CT molecular complexity index is 1040. The van der Waals surface area contributed by atoms with Gasteiger partial charge >= 0.3 is 12.2 Å². The van der Waals surface area contributed by atoms with Crippen molar-refractivity contribution in [2.45, 2.75) is 149 Å². The first-order valence-electron chi connectivity index (χ1n) is 19.6.